The van der Waals surface area contributed by atoms with E-state index in [1.54, 1.807) is 13.2 Å². The monoisotopic (exact) mass is 297 g/mol. The Morgan fingerprint density at radius 1 is 1.30 bits per heavy atom. The van der Waals surface area contributed by atoms with Crippen molar-refractivity contribution in [1.82, 2.24) is 4.90 Å². The number of aromatic hydroxyl groups is 1. The number of ether oxygens (including phenoxy) is 1. The van der Waals surface area contributed by atoms with E-state index in [0.717, 1.165) is 25.2 Å². The fourth-order valence-electron chi connectivity index (χ4n) is 2.78. The van der Waals surface area contributed by atoms with E-state index in [1.807, 2.05) is 6.07 Å². The quantitative estimate of drug-likeness (QED) is 0.913. The summed E-state index contributed by atoms with van der Waals surface area (Å²) in [7, 11) is 1.55. The summed E-state index contributed by atoms with van der Waals surface area (Å²) in [6.07, 6.45) is 3.64. The molecule has 0 saturated carbocycles. The van der Waals surface area contributed by atoms with Gasteiger partial charge in [0.15, 0.2) is 11.5 Å². The number of hydrogen-bond donors (Lipinski definition) is 1. The lowest BCUT2D eigenvalue weighted by molar-refractivity contribution is 0.252. The summed E-state index contributed by atoms with van der Waals surface area (Å²) in [6.45, 7) is 7.50. The van der Waals surface area contributed by atoms with E-state index in [4.69, 9.17) is 16.3 Å². The lowest BCUT2D eigenvalue weighted by Crippen LogP contribution is -2.25. The second-order valence-electron chi connectivity index (χ2n) is 6.41. The number of phenolic OH excluding ortho intramolecular Hbond substituents is 1. The van der Waals surface area contributed by atoms with Gasteiger partial charge < -0.3 is 9.84 Å². The Kier molecular flexibility index (Phi) is 4.82. The Balaban J connectivity index is 2.12. The molecule has 1 saturated heterocycles. The fraction of sp³-hybridized carbons (Fsp3) is 0.625. The summed E-state index contributed by atoms with van der Waals surface area (Å²) in [5.41, 5.74) is 1.26. The standard InChI is InChI=1S/C16H24ClNO2/c1-16(2)5-4-7-18(8-6-16)11-12-9-13(17)10-14(20-3)15(12)19/h9-10,19H,4-8,11H2,1-3H3. The SMILES string of the molecule is COc1cc(Cl)cc(CN2CCCC(C)(C)CC2)c1O. The maximum Gasteiger partial charge on any atom is 0.162 e. The molecule has 112 valence electrons. The third kappa shape index (κ3) is 3.80. The zero-order valence-electron chi connectivity index (χ0n) is 12.6. The van der Waals surface area contributed by atoms with Gasteiger partial charge in [-0.15, -0.1) is 0 Å². The molecule has 3 nitrogen and oxygen atoms in total. The number of nitrogens with zero attached hydrogens (tertiary/aromatic N) is 1. The van der Waals surface area contributed by atoms with Crippen molar-refractivity contribution >= 4 is 11.6 Å². The van der Waals surface area contributed by atoms with Crippen molar-refractivity contribution in [1.29, 1.82) is 0 Å². The van der Waals surface area contributed by atoms with Gasteiger partial charge in [0.1, 0.15) is 0 Å². The van der Waals surface area contributed by atoms with Gasteiger partial charge in [0.05, 0.1) is 7.11 Å². The van der Waals surface area contributed by atoms with Gasteiger partial charge in [-0.05, 0) is 43.8 Å². The van der Waals surface area contributed by atoms with Crippen molar-refractivity contribution < 1.29 is 9.84 Å². The third-order valence-corrected chi connectivity index (χ3v) is 4.38. The Morgan fingerprint density at radius 2 is 2.05 bits per heavy atom. The van der Waals surface area contributed by atoms with Gasteiger partial charge in [-0.2, -0.15) is 0 Å². The van der Waals surface area contributed by atoms with Gasteiger partial charge in [-0.3, -0.25) is 4.90 Å². The second-order valence-corrected chi connectivity index (χ2v) is 6.85. The number of methoxy groups -OCH3 is 1. The van der Waals surface area contributed by atoms with Crippen LogP contribution in [0.2, 0.25) is 5.02 Å². The topological polar surface area (TPSA) is 32.7 Å². The molecule has 0 unspecified atom stereocenters. The summed E-state index contributed by atoms with van der Waals surface area (Å²) in [4.78, 5) is 2.39. The molecule has 1 heterocycles. The van der Waals surface area contributed by atoms with Crippen molar-refractivity contribution in [3.63, 3.8) is 0 Å². The van der Waals surface area contributed by atoms with Crippen LogP contribution in [-0.2, 0) is 6.54 Å². The molecular formula is C16H24ClNO2. The predicted molar refractivity (Wildman–Crippen MR) is 82.6 cm³/mol. The lowest BCUT2D eigenvalue weighted by atomic mass is 9.85. The number of phenols is 1. The molecule has 0 atom stereocenters. The average Bonchev–Trinajstić information content (AvgIpc) is 2.55. The fourth-order valence-corrected chi connectivity index (χ4v) is 3.01. The van der Waals surface area contributed by atoms with Crippen LogP contribution in [-0.4, -0.2) is 30.2 Å². The molecule has 1 aromatic carbocycles. The highest BCUT2D eigenvalue weighted by atomic mass is 35.5. The molecule has 1 aliphatic rings. The molecule has 0 radical (unpaired) electrons. The average molecular weight is 298 g/mol. The molecule has 1 N–H and O–H groups in total. The van der Waals surface area contributed by atoms with Crippen LogP contribution in [0, 0.1) is 5.41 Å². The van der Waals surface area contributed by atoms with E-state index in [1.165, 1.54) is 19.3 Å². The van der Waals surface area contributed by atoms with Gasteiger partial charge in [0.25, 0.3) is 0 Å². The van der Waals surface area contributed by atoms with Crippen LogP contribution in [0.5, 0.6) is 11.5 Å². The number of benzene rings is 1. The highest BCUT2D eigenvalue weighted by Gasteiger charge is 2.23. The van der Waals surface area contributed by atoms with Crippen molar-refractivity contribution in [3.8, 4) is 11.5 Å². The predicted octanol–water partition coefficient (Wildman–Crippen LogP) is 4.07. The van der Waals surface area contributed by atoms with Gasteiger partial charge in [0.2, 0.25) is 0 Å². The Hall–Kier alpha value is -0.930. The molecule has 0 amide bonds. The minimum atomic E-state index is 0.209. The lowest BCUT2D eigenvalue weighted by Gasteiger charge is -2.23. The van der Waals surface area contributed by atoms with E-state index in [9.17, 15) is 5.11 Å². The zero-order valence-corrected chi connectivity index (χ0v) is 13.3. The van der Waals surface area contributed by atoms with E-state index >= 15 is 0 Å². The third-order valence-electron chi connectivity index (χ3n) is 4.17. The second kappa shape index (κ2) is 6.23. The summed E-state index contributed by atoms with van der Waals surface area (Å²) in [5.74, 6) is 0.656. The minimum absolute atomic E-state index is 0.209. The van der Waals surface area contributed by atoms with Crippen molar-refractivity contribution in [2.24, 2.45) is 5.41 Å². The number of likely N-dealkylation sites (tertiary alicyclic amines) is 1. The van der Waals surface area contributed by atoms with Crippen LogP contribution >= 0.6 is 11.6 Å². The van der Waals surface area contributed by atoms with E-state index < -0.39 is 0 Å². The maximum absolute atomic E-state index is 10.2. The molecule has 1 aliphatic heterocycles. The van der Waals surface area contributed by atoms with Crippen LogP contribution in [0.15, 0.2) is 12.1 Å². The molecule has 1 fully saturated rings. The first-order chi connectivity index (χ1) is 9.41. The smallest absolute Gasteiger partial charge is 0.162 e. The van der Waals surface area contributed by atoms with Crippen LogP contribution < -0.4 is 4.74 Å². The number of hydrogen-bond acceptors (Lipinski definition) is 3. The van der Waals surface area contributed by atoms with Crippen LogP contribution in [0.3, 0.4) is 0 Å². The van der Waals surface area contributed by atoms with Gasteiger partial charge >= 0.3 is 0 Å². The summed E-state index contributed by atoms with van der Waals surface area (Å²) in [6, 6.07) is 3.47. The van der Waals surface area contributed by atoms with Gasteiger partial charge in [0, 0.05) is 23.2 Å². The first-order valence-corrected chi connectivity index (χ1v) is 7.57. The van der Waals surface area contributed by atoms with Gasteiger partial charge in [-0.1, -0.05) is 25.4 Å². The van der Waals surface area contributed by atoms with Crippen molar-refractivity contribution in [2.45, 2.75) is 39.7 Å². The zero-order chi connectivity index (χ0) is 14.8. The Bertz CT molecular complexity index is 474. The normalized spacial score (nSPS) is 19.6. The Labute approximate surface area is 126 Å². The first-order valence-electron chi connectivity index (χ1n) is 7.19. The minimum Gasteiger partial charge on any atom is -0.504 e. The molecule has 2 rings (SSSR count). The highest BCUT2D eigenvalue weighted by molar-refractivity contribution is 6.30. The molecule has 0 aliphatic carbocycles. The van der Waals surface area contributed by atoms with Crippen molar-refractivity contribution in [2.75, 3.05) is 20.2 Å². The van der Waals surface area contributed by atoms with Crippen LogP contribution in [0.4, 0.5) is 0 Å². The molecular weight excluding hydrogens is 274 g/mol. The van der Waals surface area contributed by atoms with Crippen LogP contribution in [0.25, 0.3) is 0 Å². The summed E-state index contributed by atoms with van der Waals surface area (Å²) < 4.78 is 5.16. The van der Waals surface area contributed by atoms with Crippen LogP contribution in [0.1, 0.15) is 38.7 Å². The summed E-state index contributed by atoms with van der Waals surface area (Å²) >= 11 is 6.09. The van der Waals surface area contributed by atoms with Gasteiger partial charge in [-0.25, -0.2) is 0 Å². The van der Waals surface area contributed by atoms with E-state index in [0.29, 0.717) is 16.2 Å². The largest absolute Gasteiger partial charge is 0.504 e. The first kappa shape index (κ1) is 15.5. The van der Waals surface area contributed by atoms with Crippen molar-refractivity contribution in [3.05, 3.63) is 22.7 Å². The molecule has 20 heavy (non-hydrogen) atoms. The molecule has 1 aromatic rings. The summed E-state index contributed by atoms with van der Waals surface area (Å²) in [5, 5.41) is 10.8. The molecule has 0 aromatic heterocycles. The number of halogens is 1. The Morgan fingerprint density at radius 3 is 2.75 bits per heavy atom. The van der Waals surface area contributed by atoms with E-state index in [2.05, 4.69) is 18.7 Å². The molecule has 4 heteroatoms. The maximum atomic E-state index is 10.2. The molecule has 0 spiro atoms. The highest BCUT2D eigenvalue weighted by Crippen LogP contribution is 2.35. The van der Waals surface area contributed by atoms with E-state index in [-0.39, 0.29) is 5.75 Å². The molecule has 0 bridgehead atoms. The number of rotatable bonds is 3.